The van der Waals surface area contributed by atoms with Gasteiger partial charge in [0.1, 0.15) is 10.8 Å². The standard InChI is InChI=1S/C20H25FN4OS/c21-15-1-3-16(4-2-15)24-6-8-25(9-7-24)17-11-23(12-17)13-20-22-18-5-10-26-14-19(18)27-20/h1-4,17H,5-14H2. The van der Waals surface area contributed by atoms with Crippen LogP contribution in [0.1, 0.15) is 15.6 Å². The second kappa shape index (κ2) is 7.47. The van der Waals surface area contributed by atoms with Crippen LogP contribution in [0.5, 0.6) is 0 Å². The Kier molecular flexibility index (Phi) is 4.85. The zero-order chi connectivity index (χ0) is 18.2. The quantitative estimate of drug-likeness (QED) is 0.803. The van der Waals surface area contributed by atoms with E-state index in [2.05, 4.69) is 14.7 Å². The van der Waals surface area contributed by atoms with Gasteiger partial charge in [-0.3, -0.25) is 9.80 Å². The number of anilines is 1. The lowest BCUT2D eigenvalue weighted by Gasteiger charge is -2.48. The molecule has 0 N–H and O–H groups in total. The smallest absolute Gasteiger partial charge is 0.123 e. The fourth-order valence-electron chi connectivity index (χ4n) is 4.24. The summed E-state index contributed by atoms with van der Waals surface area (Å²) < 4.78 is 18.6. The first-order valence-corrected chi connectivity index (χ1v) is 10.6. The van der Waals surface area contributed by atoms with Gasteiger partial charge in [0, 0.05) is 57.4 Å². The van der Waals surface area contributed by atoms with E-state index in [1.165, 1.54) is 15.6 Å². The molecule has 0 saturated carbocycles. The van der Waals surface area contributed by atoms with Crippen molar-refractivity contribution in [2.24, 2.45) is 0 Å². The molecule has 4 heterocycles. The van der Waals surface area contributed by atoms with Crippen molar-refractivity contribution < 1.29 is 9.13 Å². The average Bonchev–Trinajstić information content (AvgIpc) is 3.08. The molecule has 144 valence electrons. The van der Waals surface area contributed by atoms with Crippen LogP contribution in [0.25, 0.3) is 0 Å². The Labute approximate surface area is 163 Å². The van der Waals surface area contributed by atoms with Gasteiger partial charge in [-0.2, -0.15) is 0 Å². The molecule has 2 fully saturated rings. The minimum atomic E-state index is -0.166. The largest absolute Gasteiger partial charge is 0.375 e. The summed E-state index contributed by atoms with van der Waals surface area (Å²) in [4.78, 5) is 13.6. The maximum Gasteiger partial charge on any atom is 0.123 e. The number of fused-ring (bicyclic) bond motifs is 1. The lowest BCUT2D eigenvalue weighted by atomic mass is 10.1. The van der Waals surface area contributed by atoms with Crippen LogP contribution in [-0.4, -0.2) is 66.7 Å². The summed E-state index contributed by atoms with van der Waals surface area (Å²) in [6.07, 6.45) is 0.965. The van der Waals surface area contributed by atoms with Crippen LogP contribution in [0.3, 0.4) is 0 Å². The highest BCUT2D eigenvalue weighted by Crippen LogP contribution is 2.27. The van der Waals surface area contributed by atoms with Crippen molar-refractivity contribution in [2.45, 2.75) is 25.6 Å². The van der Waals surface area contributed by atoms with E-state index in [4.69, 9.17) is 9.72 Å². The average molecular weight is 389 g/mol. The molecule has 0 bridgehead atoms. The molecule has 0 radical (unpaired) electrons. The molecule has 0 spiro atoms. The Morgan fingerprint density at radius 1 is 1.11 bits per heavy atom. The molecule has 7 heteroatoms. The third-order valence-corrected chi connectivity index (χ3v) is 6.91. The van der Waals surface area contributed by atoms with Crippen LogP contribution in [0.4, 0.5) is 10.1 Å². The zero-order valence-corrected chi connectivity index (χ0v) is 16.3. The molecule has 1 aromatic heterocycles. The molecule has 5 nitrogen and oxygen atoms in total. The summed E-state index contributed by atoms with van der Waals surface area (Å²) in [6.45, 7) is 9.00. The number of likely N-dealkylation sites (tertiary alicyclic amines) is 1. The van der Waals surface area contributed by atoms with E-state index in [0.29, 0.717) is 6.04 Å². The summed E-state index contributed by atoms with van der Waals surface area (Å²) in [5, 5.41) is 1.24. The highest BCUT2D eigenvalue weighted by Gasteiger charge is 2.34. The first-order valence-electron chi connectivity index (χ1n) is 9.77. The Hall–Kier alpha value is -1.54. The number of benzene rings is 1. The molecule has 0 unspecified atom stereocenters. The molecule has 2 saturated heterocycles. The van der Waals surface area contributed by atoms with Crippen LogP contribution in [0.15, 0.2) is 24.3 Å². The summed E-state index contributed by atoms with van der Waals surface area (Å²) >= 11 is 1.82. The maximum atomic E-state index is 13.1. The van der Waals surface area contributed by atoms with Crippen LogP contribution >= 0.6 is 11.3 Å². The monoisotopic (exact) mass is 388 g/mol. The van der Waals surface area contributed by atoms with Gasteiger partial charge in [0.15, 0.2) is 0 Å². The van der Waals surface area contributed by atoms with E-state index < -0.39 is 0 Å². The molecular formula is C20H25FN4OS. The van der Waals surface area contributed by atoms with E-state index in [-0.39, 0.29) is 5.82 Å². The highest BCUT2D eigenvalue weighted by molar-refractivity contribution is 7.11. The van der Waals surface area contributed by atoms with Crippen LogP contribution in [0, 0.1) is 5.82 Å². The van der Waals surface area contributed by atoms with Crippen molar-refractivity contribution in [1.29, 1.82) is 0 Å². The molecule has 0 amide bonds. The van der Waals surface area contributed by atoms with Gasteiger partial charge < -0.3 is 9.64 Å². The minimum Gasteiger partial charge on any atom is -0.375 e. The molecule has 5 rings (SSSR count). The lowest BCUT2D eigenvalue weighted by molar-refractivity contribution is 0.0255. The number of ether oxygens (including phenoxy) is 1. The van der Waals surface area contributed by atoms with Crippen LogP contribution < -0.4 is 4.90 Å². The summed E-state index contributed by atoms with van der Waals surface area (Å²) in [5.41, 5.74) is 2.39. The molecule has 0 atom stereocenters. The maximum absolute atomic E-state index is 13.1. The Bertz CT molecular complexity index is 758. The van der Waals surface area contributed by atoms with E-state index >= 15 is 0 Å². The Balaban J connectivity index is 1.09. The van der Waals surface area contributed by atoms with Gasteiger partial charge in [0.2, 0.25) is 0 Å². The van der Waals surface area contributed by atoms with Crippen molar-refractivity contribution in [3.05, 3.63) is 45.7 Å². The normalized spacial score (nSPS) is 21.9. The van der Waals surface area contributed by atoms with Crippen LogP contribution in [-0.2, 0) is 24.3 Å². The topological polar surface area (TPSA) is 31.8 Å². The van der Waals surface area contributed by atoms with Gasteiger partial charge in [-0.25, -0.2) is 9.37 Å². The van der Waals surface area contributed by atoms with E-state index in [9.17, 15) is 4.39 Å². The lowest BCUT2D eigenvalue weighted by Crippen LogP contribution is -2.62. The molecule has 27 heavy (non-hydrogen) atoms. The predicted molar refractivity (Wildman–Crippen MR) is 105 cm³/mol. The van der Waals surface area contributed by atoms with Crippen molar-refractivity contribution in [2.75, 3.05) is 50.8 Å². The number of aromatic nitrogens is 1. The molecular weight excluding hydrogens is 363 g/mol. The van der Waals surface area contributed by atoms with E-state index in [0.717, 1.165) is 71.1 Å². The summed E-state index contributed by atoms with van der Waals surface area (Å²) in [5.74, 6) is -0.166. The molecule has 2 aromatic rings. The predicted octanol–water partition coefficient (Wildman–Crippen LogP) is 2.36. The third kappa shape index (κ3) is 3.74. The fourth-order valence-corrected chi connectivity index (χ4v) is 5.33. The van der Waals surface area contributed by atoms with Crippen molar-refractivity contribution in [3.8, 4) is 0 Å². The second-order valence-electron chi connectivity index (χ2n) is 7.63. The Morgan fingerprint density at radius 3 is 2.63 bits per heavy atom. The summed E-state index contributed by atoms with van der Waals surface area (Å²) in [6, 6.07) is 7.53. The van der Waals surface area contributed by atoms with Crippen molar-refractivity contribution >= 4 is 17.0 Å². The summed E-state index contributed by atoms with van der Waals surface area (Å²) in [7, 11) is 0. The first kappa shape index (κ1) is 17.6. The van der Waals surface area contributed by atoms with Crippen molar-refractivity contribution in [3.63, 3.8) is 0 Å². The van der Waals surface area contributed by atoms with Gasteiger partial charge in [0.25, 0.3) is 0 Å². The minimum absolute atomic E-state index is 0.166. The fraction of sp³-hybridized carbons (Fsp3) is 0.550. The number of rotatable bonds is 4. The third-order valence-electron chi connectivity index (χ3n) is 5.86. The first-order chi connectivity index (χ1) is 13.2. The zero-order valence-electron chi connectivity index (χ0n) is 15.4. The molecule has 1 aromatic carbocycles. The number of hydrogen-bond acceptors (Lipinski definition) is 6. The number of piperazine rings is 1. The molecule has 3 aliphatic rings. The van der Waals surface area contributed by atoms with Gasteiger partial charge in [-0.15, -0.1) is 11.3 Å². The van der Waals surface area contributed by atoms with E-state index in [1.54, 1.807) is 12.1 Å². The van der Waals surface area contributed by atoms with Crippen molar-refractivity contribution in [1.82, 2.24) is 14.8 Å². The second-order valence-corrected chi connectivity index (χ2v) is 8.80. The van der Waals surface area contributed by atoms with Gasteiger partial charge in [0.05, 0.1) is 30.3 Å². The Morgan fingerprint density at radius 2 is 1.89 bits per heavy atom. The molecule has 3 aliphatic heterocycles. The number of thiazole rings is 1. The number of halogens is 1. The van der Waals surface area contributed by atoms with Crippen LogP contribution in [0.2, 0.25) is 0 Å². The van der Waals surface area contributed by atoms with Gasteiger partial charge in [-0.1, -0.05) is 0 Å². The van der Waals surface area contributed by atoms with Gasteiger partial charge in [-0.05, 0) is 24.3 Å². The van der Waals surface area contributed by atoms with Gasteiger partial charge >= 0.3 is 0 Å². The SMILES string of the molecule is Fc1ccc(N2CCN(C3CN(Cc4nc5c(s4)COCC5)C3)CC2)cc1. The highest BCUT2D eigenvalue weighted by atomic mass is 32.1. The van der Waals surface area contributed by atoms with E-state index in [1.807, 2.05) is 23.5 Å². The number of hydrogen-bond donors (Lipinski definition) is 0. The number of nitrogens with zero attached hydrogens (tertiary/aromatic N) is 4. The molecule has 0 aliphatic carbocycles.